The minimum absolute atomic E-state index is 0.0957. The Morgan fingerprint density at radius 2 is 2.10 bits per heavy atom. The Labute approximate surface area is 121 Å². The van der Waals surface area contributed by atoms with Gasteiger partial charge in [-0.25, -0.2) is 9.78 Å². The van der Waals surface area contributed by atoms with Gasteiger partial charge in [0, 0.05) is 13.0 Å². The van der Waals surface area contributed by atoms with Gasteiger partial charge in [0.05, 0.1) is 5.56 Å². The Bertz CT molecular complexity index is 651. The van der Waals surface area contributed by atoms with E-state index in [1.165, 1.54) is 0 Å². The van der Waals surface area contributed by atoms with Crippen molar-refractivity contribution in [3.8, 4) is 0 Å². The summed E-state index contributed by atoms with van der Waals surface area (Å²) in [5.74, 6) is -0.605. The first-order chi connectivity index (χ1) is 10.1. The number of carboxylic acid groups (broad SMARTS) is 1. The van der Waals surface area contributed by atoms with Gasteiger partial charge < -0.3 is 10.4 Å². The standard InChI is InChI=1S/C14H16N4O3/c1-2-11-16-12(18-17-11)13(19)15-8-7-9-5-3-4-6-10(9)14(20)21/h3-6H,2,7-8H2,1H3,(H,15,19)(H,20,21)(H,16,17,18). The molecule has 3 N–H and O–H groups in total. The van der Waals surface area contributed by atoms with E-state index in [9.17, 15) is 9.59 Å². The highest BCUT2D eigenvalue weighted by atomic mass is 16.4. The molecule has 7 nitrogen and oxygen atoms in total. The zero-order valence-corrected chi connectivity index (χ0v) is 11.6. The molecule has 21 heavy (non-hydrogen) atoms. The lowest BCUT2D eigenvalue weighted by Crippen LogP contribution is -2.27. The largest absolute Gasteiger partial charge is 0.478 e. The Kier molecular flexibility index (Phi) is 4.65. The summed E-state index contributed by atoms with van der Waals surface area (Å²) < 4.78 is 0. The summed E-state index contributed by atoms with van der Waals surface area (Å²) in [6, 6.07) is 6.72. The maximum atomic E-state index is 11.8. The van der Waals surface area contributed by atoms with Crippen LogP contribution in [0.2, 0.25) is 0 Å². The second-order valence-electron chi connectivity index (χ2n) is 4.43. The maximum absolute atomic E-state index is 11.8. The van der Waals surface area contributed by atoms with Gasteiger partial charge in [0.1, 0.15) is 5.82 Å². The highest BCUT2D eigenvalue weighted by Gasteiger charge is 2.12. The molecule has 0 unspecified atom stereocenters. The van der Waals surface area contributed by atoms with E-state index in [1.807, 2.05) is 6.92 Å². The fourth-order valence-electron chi connectivity index (χ4n) is 1.89. The maximum Gasteiger partial charge on any atom is 0.335 e. The Morgan fingerprint density at radius 1 is 1.33 bits per heavy atom. The quantitative estimate of drug-likeness (QED) is 0.736. The number of aromatic amines is 1. The number of amides is 1. The van der Waals surface area contributed by atoms with E-state index in [4.69, 9.17) is 5.11 Å². The van der Waals surface area contributed by atoms with Crippen LogP contribution in [0.5, 0.6) is 0 Å². The number of aromatic nitrogens is 3. The molecule has 0 atom stereocenters. The van der Waals surface area contributed by atoms with Crippen LogP contribution in [0.25, 0.3) is 0 Å². The fourth-order valence-corrected chi connectivity index (χ4v) is 1.89. The summed E-state index contributed by atoms with van der Waals surface area (Å²) in [5, 5.41) is 18.2. The zero-order chi connectivity index (χ0) is 15.2. The van der Waals surface area contributed by atoms with Gasteiger partial charge in [-0.1, -0.05) is 25.1 Å². The molecule has 0 fully saturated rings. The molecular formula is C14H16N4O3. The minimum atomic E-state index is -0.974. The summed E-state index contributed by atoms with van der Waals surface area (Å²) in [4.78, 5) is 26.9. The smallest absolute Gasteiger partial charge is 0.335 e. The second kappa shape index (κ2) is 6.65. The summed E-state index contributed by atoms with van der Waals surface area (Å²) in [6.07, 6.45) is 1.10. The van der Waals surface area contributed by atoms with E-state index in [0.717, 1.165) is 0 Å². The third kappa shape index (κ3) is 3.65. The molecule has 2 rings (SSSR count). The van der Waals surface area contributed by atoms with Crippen LogP contribution in [0, 0.1) is 0 Å². The predicted octanol–water partition coefficient (Wildman–Crippen LogP) is 1.04. The number of nitrogens with zero attached hydrogens (tertiary/aromatic N) is 2. The fraction of sp³-hybridized carbons (Fsp3) is 0.286. The number of hydrogen-bond donors (Lipinski definition) is 3. The molecule has 1 aromatic carbocycles. The lowest BCUT2D eigenvalue weighted by molar-refractivity contribution is 0.0695. The normalized spacial score (nSPS) is 10.3. The Hall–Kier alpha value is -2.70. The molecule has 0 aliphatic heterocycles. The van der Waals surface area contributed by atoms with Crippen molar-refractivity contribution in [2.24, 2.45) is 0 Å². The molecule has 0 aliphatic rings. The van der Waals surface area contributed by atoms with Crippen molar-refractivity contribution in [3.05, 3.63) is 47.0 Å². The molecule has 0 aliphatic carbocycles. The van der Waals surface area contributed by atoms with Crippen molar-refractivity contribution in [3.63, 3.8) is 0 Å². The number of aryl methyl sites for hydroxylation is 1. The number of carboxylic acids is 1. The highest BCUT2D eigenvalue weighted by molar-refractivity contribution is 5.90. The van der Waals surface area contributed by atoms with Gasteiger partial charge in [0.15, 0.2) is 0 Å². The van der Waals surface area contributed by atoms with E-state index in [2.05, 4.69) is 20.5 Å². The highest BCUT2D eigenvalue weighted by Crippen LogP contribution is 2.09. The number of aromatic carboxylic acids is 1. The van der Waals surface area contributed by atoms with Crippen molar-refractivity contribution in [2.45, 2.75) is 19.8 Å². The van der Waals surface area contributed by atoms with Crippen molar-refractivity contribution < 1.29 is 14.7 Å². The topological polar surface area (TPSA) is 108 Å². The van der Waals surface area contributed by atoms with Crippen LogP contribution in [0.1, 0.15) is 39.3 Å². The molecule has 1 heterocycles. The number of H-pyrrole nitrogens is 1. The molecule has 110 valence electrons. The number of rotatable bonds is 6. The van der Waals surface area contributed by atoms with Crippen LogP contribution in [0.4, 0.5) is 0 Å². The average Bonchev–Trinajstić information content (AvgIpc) is 2.96. The zero-order valence-electron chi connectivity index (χ0n) is 11.6. The molecule has 0 spiro atoms. The average molecular weight is 288 g/mol. The number of carbonyl (C=O) groups excluding carboxylic acids is 1. The van der Waals surface area contributed by atoms with Gasteiger partial charge in [-0.3, -0.25) is 9.89 Å². The molecule has 0 radical (unpaired) electrons. The molecule has 0 bridgehead atoms. The van der Waals surface area contributed by atoms with Crippen LogP contribution < -0.4 is 5.32 Å². The van der Waals surface area contributed by atoms with Gasteiger partial charge >= 0.3 is 5.97 Å². The SMILES string of the molecule is CCc1nc(C(=O)NCCc2ccccc2C(=O)O)n[nH]1. The molecular weight excluding hydrogens is 272 g/mol. The van der Waals surface area contributed by atoms with E-state index in [-0.39, 0.29) is 17.3 Å². The van der Waals surface area contributed by atoms with E-state index in [0.29, 0.717) is 30.8 Å². The number of carbonyl (C=O) groups is 2. The van der Waals surface area contributed by atoms with Gasteiger partial charge in [0.2, 0.25) is 5.82 Å². The lowest BCUT2D eigenvalue weighted by atomic mass is 10.0. The first-order valence-corrected chi connectivity index (χ1v) is 6.62. The first kappa shape index (κ1) is 14.7. The second-order valence-corrected chi connectivity index (χ2v) is 4.43. The van der Waals surface area contributed by atoms with E-state index in [1.54, 1.807) is 24.3 Å². The van der Waals surface area contributed by atoms with Gasteiger partial charge in [-0.2, -0.15) is 0 Å². The molecule has 0 saturated carbocycles. The molecule has 7 heteroatoms. The Morgan fingerprint density at radius 3 is 2.76 bits per heavy atom. The number of benzene rings is 1. The molecule has 1 aromatic heterocycles. The monoisotopic (exact) mass is 288 g/mol. The van der Waals surface area contributed by atoms with Crippen LogP contribution in [-0.2, 0) is 12.8 Å². The van der Waals surface area contributed by atoms with E-state index < -0.39 is 5.97 Å². The molecule has 0 saturated heterocycles. The van der Waals surface area contributed by atoms with E-state index >= 15 is 0 Å². The minimum Gasteiger partial charge on any atom is -0.478 e. The molecule has 2 aromatic rings. The summed E-state index contributed by atoms with van der Waals surface area (Å²) in [7, 11) is 0. The van der Waals surface area contributed by atoms with Crippen LogP contribution in [0.3, 0.4) is 0 Å². The lowest BCUT2D eigenvalue weighted by Gasteiger charge is -2.06. The third-order valence-corrected chi connectivity index (χ3v) is 3.00. The van der Waals surface area contributed by atoms with Crippen molar-refractivity contribution in [2.75, 3.05) is 6.54 Å². The first-order valence-electron chi connectivity index (χ1n) is 6.62. The number of hydrogen-bond acceptors (Lipinski definition) is 4. The Balaban J connectivity index is 1.92. The van der Waals surface area contributed by atoms with Gasteiger partial charge in [0.25, 0.3) is 5.91 Å². The predicted molar refractivity (Wildman–Crippen MR) is 75.2 cm³/mol. The van der Waals surface area contributed by atoms with Crippen molar-refractivity contribution in [1.29, 1.82) is 0 Å². The van der Waals surface area contributed by atoms with Gasteiger partial charge in [-0.05, 0) is 18.1 Å². The van der Waals surface area contributed by atoms with Crippen LogP contribution in [0.15, 0.2) is 24.3 Å². The van der Waals surface area contributed by atoms with Crippen LogP contribution >= 0.6 is 0 Å². The summed E-state index contributed by atoms with van der Waals surface area (Å²) >= 11 is 0. The molecule has 1 amide bonds. The van der Waals surface area contributed by atoms with Crippen LogP contribution in [-0.4, -0.2) is 38.7 Å². The van der Waals surface area contributed by atoms with Crippen molar-refractivity contribution in [1.82, 2.24) is 20.5 Å². The third-order valence-electron chi connectivity index (χ3n) is 3.00. The summed E-state index contributed by atoms with van der Waals surface area (Å²) in [6.45, 7) is 2.23. The summed E-state index contributed by atoms with van der Waals surface area (Å²) in [5.41, 5.74) is 0.924. The van der Waals surface area contributed by atoms with Gasteiger partial charge in [-0.15, -0.1) is 5.10 Å². The van der Waals surface area contributed by atoms with Crippen molar-refractivity contribution >= 4 is 11.9 Å². The number of nitrogens with one attached hydrogen (secondary N) is 2.